The summed E-state index contributed by atoms with van der Waals surface area (Å²) < 4.78 is 9.89. The van der Waals surface area contributed by atoms with Crippen molar-refractivity contribution < 1.29 is 19.4 Å². The maximum Gasteiger partial charge on any atom is 0.343 e. The van der Waals surface area contributed by atoms with E-state index in [2.05, 4.69) is 10.8 Å². The highest BCUT2D eigenvalue weighted by molar-refractivity contribution is 6.30. The lowest BCUT2D eigenvalue weighted by Gasteiger charge is -2.29. The number of methoxy groups -OCH3 is 1. The number of hydrogen-bond acceptors (Lipinski definition) is 6. The van der Waals surface area contributed by atoms with Crippen molar-refractivity contribution in [2.75, 3.05) is 26.8 Å². The molecule has 2 rings (SSSR count). The van der Waals surface area contributed by atoms with Crippen LogP contribution in [0.3, 0.4) is 0 Å². The van der Waals surface area contributed by atoms with Gasteiger partial charge in [-0.25, -0.2) is 4.79 Å². The Balaban J connectivity index is 1.97. The Morgan fingerprint density at radius 3 is 2.62 bits per heavy atom. The molecule has 0 saturated heterocycles. The molecule has 0 amide bonds. The monoisotopic (exact) mass is 416 g/mol. The zero-order chi connectivity index (χ0) is 21.2. The first kappa shape index (κ1) is 22.7. The van der Waals surface area contributed by atoms with Crippen LogP contribution < -0.4 is 4.74 Å². The SMILES string of the molecule is COC(=O)COc1ccc(CC(C)N(CC#N)CC(O)c2cccc(Cl)c2)cc1. The summed E-state index contributed by atoms with van der Waals surface area (Å²) in [7, 11) is 1.31. The summed E-state index contributed by atoms with van der Waals surface area (Å²) >= 11 is 6.00. The summed E-state index contributed by atoms with van der Waals surface area (Å²) in [6.45, 7) is 2.42. The number of ether oxygens (including phenoxy) is 2. The van der Waals surface area contributed by atoms with Crippen molar-refractivity contribution in [3.63, 3.8) is 0 Å². The zero-order valence-corrected chi connectivity index (χ0v) is 17.3. The van der Waals surface area contributed by atoms with Gasteiger partial charge in [-0.15, -0.1) is 0 Å². The number of nitriles is 1. The Hall–Kier alpha value is -2.59. The van der Waals surface area contributed by atoms with E-state index >= 15 is 0 Å². The van der Waals surface area contributed by atoms with Gasteiger partial charge in [-0.2, -0.15) is 5.26 Å². The molecule has 29 heavy (non-hydrogen) atoms. The first-order valence-electron chi connectivity index (χ1n) is 9.26. The molecule has 0 fully saturated rings. The van der Waals surface area contributed by atoms with Crippen LogP contribution in [0.5, 0.6) is 5.75 Å². The molecule has 0 saturated carbocycles. The van der Waals surface area contributed by atoms with Gasteiger partial charge < -0.3 is 14.6 Å². The number of carbonyl (C=O) groups excluding carboxylic acids is 1. The van der Waals surface area contributed by atoms with Crippen LogP contribution in [0.2, 0.25) is 5.02 Å². The molecule has 2 aromatic carbocycles. The molecule has 2 atom stereocenters. The van der Waals surface area contributed by atoms with Gasteiger partial charge in [0, 0.05) is 17.6 Å². The minimum atomic E-state index is -0.737. The molecule has 0 aliphatic carbocycles. The molecule has 1 N–H and O–H groups in total. The first-order chi connectivity index (χ1) is 13.9. The van der Waals surface area contributed by atoms with Crippen LogP contribution in [0.1, 0.15) is 24.2 Å². The van der Waals surface area contributed by atoms with Crippen molar-refractivity contribution in [1.82, 2.24) is 4.90 Å². The molecule has 2 unspecified atom stereocenters. The number of rotatable bonds is 10. The van der Waals surface area contributed by atoms with Crippen LogP contribution in [0.25, 0.3) is 0 Å². The van der Waals surface area contributed by atoms with Crippen molar-refractivity contribution in [3.05, 3.63) is 64.7 Å². The van der Waals surface area contributed by atoms with Crippen molar-refractivity contribution in [2.45, 2.75) is 25.5 Å². The number of halogens is 1. The fraction of sp³-hybridized carbons (Fsp3) is 0.364. The largest absolute Gasteiger partial charge is 0.482 e. The lowest BCUT2D eigenvalue weighted by Crippen LogP contribution is -2.38. The minimum absolute atomic E-state index is 0.0327. The Bertz CT molecular complexity index is 835. The van der Waals surface area contributed by atoms with Gasteiger partial charge in [-0.1, -0.05) is 35.9 Å². The highest BCUT2D eigenvalue weighted by Crippen LogP contribution is 2.21. The Labute approximate surface area is 176 Å². The number of nitrogens with zero attached hydrogens (tertiary/aromatic N) is 2. The van der Waals surface area contributed by atoms with Gasteiger partial charge >= 0.3 is 5.97 Å². The standard InChI is InChI=1S/C22H25ClN2O4/c1-16(12-17-6-8-20(9-7-17)29-15-22(27)28-2)25(11-10-24)14-21(26)18-4-3-5-19(23)13-18/h3-9,13,16,21,26H,11-12,14-15H2,1-2H3. The summed E-state index contributed by atoms with van der Waals surface area (Å²) in [6, 6.07) is 16.7. The minimum Gasteiger partial charge on any atom is -0.482 e. The van der Waals surface area contributed by atoms with E-state index in [9.17, 15) is 15.2 Å². The molecule has 0 radical (unpaired) electrons. The van der Waals surface area contributed by atoms with E-state index in [1.54, 1.807) is 30.3 Å². The third-order valence-electron chi connectivity index (χ3n) is 4.58. The topological polar surface area (TPSA) is 82.8 Å². The Morgan fingerprint density at radius 1 is 1.28 bits per heavy atom. The van der Waals surface area contributed by atoms with Crippen molar-refractivity contribution in [2.24, 2.45) is 0 Å². The second-order valence-electron chi connectivity index (χ2n) is 6.72. The predicted octanol–water partition coefficient (Wildman–Crippen LogP) is 3.38. The third-order valence-corrected chi connectivity index (χ3v) is 4.81. The van der Waals surface area contributed by atoms with Gasteiger partial charge in [0.25, 0.3) is 0 Å². The molecular formula is C22H25ClN2O4. The van der Waals surface area contributed by atoms with Gasteiger partial charge in [0.05, 0.1) is 25.8 Å². The molecule has 0 aromatic heterocycles. The van der Waals surface area contributed by atoms with Crippen LogP contribution in [-0.2, 0) is 16.0 Å². The van der Waals surface area contributed by atoms with Crippen molar-refractivity contribution in [3.8, 4) is 11.8 Å². The van der Waals surface area contributed by atoms with Crippen LogP contribution in [0, 0.1) is 11.3 Å². The maximum atomic E-state index is 11.1. The second-order valence-corrected chi connectivity index (χ2v) is 7.16. The van der Waals surface area contributed by atoms with Gasteiger partial charge in [-0.3, -0.25) is 4.90 Å². The number of aliphatic hydroxyl groups excluding tert-OH is 1. The summed E-state index contributed by atoms with van der Waals surface area (Å²) in [5.74, 6) is 0.144. The number of esters is 1. The van der Waals surface area contributed by atoms with Gasteiger partial charge in [-0.05, 0) is 48.7 Å². The number of hydrogen-bond donors (Lipinski definition) is 1. The Kier molecular flexibility index (Phi) is 8.94. The molecule has 6 nitrogen and oxygen atoms in total. The van der Waals surface area contributed by atoms with E-state index in [1.165, 1.54) is 7.11 Å². The van der Waals surface area contributed by atoms with E-state index in [-0.39, 0.29) is 19.2 Å². The smallest absolute Gasteiger partial charge is 0.343 e. The van der Waals surface area contributed by atoms with Crippen LogP contribution >= 0.6 is 11.6 Å². The average molecular weight is 417 g/mol. The molecule has 154 valence electrons. The maximum absolute atomic E-state index is 11.1. The van der Waals surface area contributed by atoms with Gasteiger partial charge in [0.15, 0.2) is 6.61 Å². The Morgan fingerprint density at radius 2 is 2.00 bits per heavy atom. The molecule has 0 spiro atoms. The van der Waals surface area contributed by atoms with Crippen LogP contribution in [0.15, 0.2) is 48.5 Å². The number of aliphatic hydroxyl groups is 1. The lowest BCUT2D eigenvalue weighted by molar-refractivity contribution is -0.142. The van der Waals surface area contributed by atoms with E-state index in [0.717, 1.165) is 11.1 Å². The van der Waals surface area contributed by atoms with E-state index in [4.69, 9.17) is 16.3 Å². The molecule has 7 heteroatoms. The van der Waals surface area contributed by atoms with E-state index in [0.29, 0.717) is 23.7 Å². The molecule has 0 heterocycles. The first-order valence-corrected chi connectivity index (χ1v) is 9.63. The predicted molar refractivity (Wildman–Crippen MR) is 111 cm³/mol. The summed E-state index contributed by atoms with van der Waals surface area (Å²) in [6.07, 6.45) is -0.0417. The molecular weight excluding hydrogens is 392 g/mol. The highest BCUT2D eigenvalue weighted by atomic mass is 35.5. The molecule has 0 aliphatic rings. The fourth-order valence-corrected chi connectivity index (χ4v) is 3.12. The fourth-order valence-electron chi connectivity index (χ4n) is 2.93. The number of carbonyl (C=O) groups is 1. The van der Waals surface area contributed by atoms with Gasteiger partial charge in [0.1, 0.15) is 5.75 Å². The third kappa shape index (κ3) is 7.39. The summed E-state index contributed by atoms with van der Waals surface area (Å²) in [4.78, 5) is 13.1. The van der Waals surface area contributed by atoms with E-state index < -0.39 is 12.1 Å². The van der Waals surface area contributed by atoms with Gasteiger partial charge in [0.2, 0.25) is 0 Å². The van der Waals surface area contributed by atoms with Crippen molar-refractivity contribution in [1.29, 1.82) is 5.26 Å². The molecule has 2 aromatic rings. The van der Waals surface area contributed by atoms with Crippen molar-refractivity contribution >= 4 is 17.6 Å². The van der Waals surface area contributed by atoms with Crippen LogP contribution in [0.4, 0.5) is 0 Å². The summed E-state index contributed by atoms with van der Waals surface area (Å²) in [5, 5.41) is 20.3. The lowest BCUT2D eigenvalue weighted by atomic mass is 10.0. The normalized spacial score (nSPS) is 12.8. The second kappa shape index (κ2) is 11.4. The highest BCUT2D eigenvalue weighted by Gasteiger charge is 2.19. The number of benzene rings is 2. The zero-order valence-electron chi connectivity index (χ0n) is 16.5. The summed E-state index contributed by atoms with van der Waals surface area (Å²) in [5.41, 5.74) is 1.78. The average Bonchev–Trinajstić information content (AvgIpc) is 2.72. The molecule has 0 bridgehead atoms. The quantitative estimate of drug-likeness (QED) is 0.472. The van der Waals surface area contributed by atoms with Crippen LogP contribution in [-0.4, -0.2) is 48.8 Å². The molecule has 0 aliphatic heterocycles. The van der Waals surface area contributed by atoms with E-state index in [1.807, 2.05) is 30.0 Å².